The Morgan fingerprint density at radius 2 is 2.06 bits per heavy atom. The van der Waals surface area contributed by atoms with Crippen LogP contribution in [0.5, 0.6) is 5.75 Å². The smallest absolute Gasteiger partial charge is 0.269 e. The highest BCUT2D eigenvalue weighted by Crippen LogP contribution is 2.25. The number of amides is 1. The van der Waals surface area contributed by atoms with Gasteiger partial charge in [0.05, 0.1) is 7.11 Å². The van der Waals surface area contributed by atoms with E-state index in [1.165, 1.54) is 16.9 Å². The third kappa shape index (κ3) is 2.91. The van der Waals surface area contributed by atoms with Crippen molar-refractivity contribution in [3.63, 3.8) is 0 Å². The SMILES string of the molecule is COc1ccsc1C(=O)Nc1ccc(CBr)cc1. The number of nitrogens with one attached hydrogen (secondary N) is 1. The maximum Gasteiger partial charge on any atom is 0.269 e. The number of carbonyl (C=O) groups is 1. The summed E-state index contributed by atoms with van der Waals surface area (Å²) in [4.78, 5) is 12.6. The van der Waals surface area contributed by atoms with Crippen molar-refractivity contribution in [3.8, 4) is 5.75 Å². The molecule has 0 bridgehead atoms. The Labute approximate surface area is 118 Å². The number of rotatable bonds is 4. The number of halogens is 1. The van der Waals surface area contributed by atoms with Gasteiger partial charge in [-0.05, 0) is 29.1 Å². The predicted molar refractivity (Wildman–Crippen MR) is 77.9 cm³/mol. The molecule has 0 aliphatic heterocycles. The lowest BCUT2D eigenvalue weighted by molar-refractivity contribution is 0.102. The molecule has 2 rings (SSSR count). The predicted octanol–water partition coefficient (Wildman–Crippen LogP) is 3.90. The average Bonchev–Trinajstić information content (AvgIpc) is 2.88. The molecular weight excluding hydrogens is 314 g/mol. The number of methoxy groups -OCH3 is 1. The summed E-state index contributed by atoms with van der Waals surface area (Å²) in [6, 6.07) is 9.49. The summed E-state index contributed by atoms with van der Waals surface area (Å²) in [6.45, 7) is 0. The van der Waals surface area contributed by atoms with Gasteiger partial charge in [-0.2, -0.15) is 0 Å². The number of hydrogen-bond donors (Lipinski definition) is 1. The molecule has 3 nitrogen and oxygen atoms in total. The molecule has 0 unspecified atom stereocenters. The van der Waals surface area contributed by atoms with Crippen LogP contribution in [0.2, 0.25) is 0 Å². The normalized spacial score (nSPS) is 10.1. The topological polar surface area (TPSA) is 38.3 Å². The summed E-state index contributed by atoms with van der Waals surface area (Å²) in [6.07, 6.45) is 0. The molecular formula is C13H12BrNO2S. The number of ether oxygens (including phenoxy) is 1. The van der Waals surface area contributed by atoms with Crippen LogP contribution in [0.15, 0.2) is 35.7 Å². The van der Waals surface area contributed by atoms with Crippen LogP contribution >= 0.6 is 27.3 Å². The first kappa shape index (κ1) is 13.1. The minimum absolute atomic E-state index is 0.145. The highest BCUT2D eigenvalue weighted by Gasteiger charge is 2.13. The van der Waals surface area contributed by atoms with Gasteiger partial charge >= 0.3 is 0 Å². The Hall–Kier alpha value is -1.33. The lowest BCUT2D eigenvalue weighted by Crippen LogP contribution is -2.11. The maximum absolute atomic E-state index is 12.0. The van der Waals surface area contributed by atoms with Crippen LogP contribution in [0.25, 0.3) is 0 Å². The van der Waals surface area contributed by atoms with E-state index in [0.717, 1.165) is 11.0 Å². The van der Waals surface area contributed by atoms with Crippen molar-refractivity contribution in [2.45, 2.75) is 5.33 Å². The Kier molecular flexibility index (Phi) is 4.38. The van der Waals surface area contributed by atoms with Crippen LogP contribution in [-0.2, 0) is 5.33 Å². The quantitative estimate of drug-likeness (QED) is 0.865. The van der Waals surface area contributed by atoms with Gasteiger partial charge in [-0.1, -0.05) is 28.1 Å². The van der Waals surface area contributed by atoms with Crippen molar-refractivity contribution in [2.24, 2.45) is 0 Å². The highest BCUT2D eigenvalue weighted by atomic mass is 79.9. The van der Waals surface area contributed by atoms with Crippen molar-refractivity contribution in [1.82, 2.24) is 0 Å². The van der Waals surface area contributed by atoms with Crippen LogP contribution in [0.4, 0.5) is 5.69 Å². The Morgan fingerprint density at radius 3 is 2.67 bits per heavy atom. The minimum Gasteiger partial charge on any atom is -0.495 e. The number of alkyl halides is 1. The number of hydrogen-bond acceptors (Lipinski definition) is 3. The van der Waals surface area contributed by atoms with Gasteiger partial charge < -0.3 is 10.1 Å². The molecule has 0 atom stereocenters. The van der Waals surface area contributed by atoms with Crippen LogP contribution in [0.1, 0.15) is 15.2 Å². The fraction of sp³-hybridized carbons (Fsp3) is 0.154. The molecule has 0 fully saturated rings. The number of benzene rings is 1. The number of carbonyl (C=O) groups excluding carboxylic acids is 1. The maximum atomic E-state index is 12.0. The van der Waals surface area contributed by atoms with E-state index >= 15 is 0 Å². The monoisotopic (exact) mass is 325 g/mol. The molecule has 18 heavy (non-hydrogen) atoms. The third-order valence-corrected chi connectivity index (χ3v) is 3.96. The molecule has 0 saturated carbocycles. The minimum atomic E-state index is -0.145. The zero-order chi connectivity index (χ0) is 13.0. The molecule has 2 aromatic rings. The van der Waals surface area contributed by atoms with Crippen molar-refractivity contribution >= 4 is 38.9 Å². The van der Waals surface area contributed by atoms with Crippen LogP contribution < -0.4 is 10.1 Å². The zero-order valence-corrected chi connectivity index (χ0v) is 12.2. The molecule has 1 N–H and O–H groups in total. The molecule has 94 valence electrons. The van der Waals surface area contributed by atoms with E-state index in [1.807, 2.05) is 29.6 Å². The fourth-order valence-electron chi connectivity index (χ4n) is 1.49. The van der Waals surface area contributed by atoms with Gasteiger partial charge in [-0.15, -0.1) is 11.3 Å². The van der Waals surface area contributed by atoms with E-state index in [1.54, 1.807) is 13.2 Å². The zero-order valence-electron chi connectivity index (χ0n) is 9.77. The second kappa shape index (κ2) is 6.02. The molecule has 1 aromatic heterocycles. The summed E-state index contributed by atoms with van der Waals surface area (Å²) in [5.74, 6) is 0.461. The van der Waals surface area contributed by atoms with E-state index in [2.05, 4.69) is 21.2 Å². The van der Waals surface area contributed by atoms with Crippen molar-refractivity contribution in [3.05, 3.63) is 46.2 Å². The third-order valence-electron chi connectivity index (χ3n) is 2.42. The van der Waals surface area contributed by atoms with E-state index in [0.29, 0.717) is 10.6 Å². The number of thiophene rings is 1. The first-order valence-corrected chi connectivity index (χ1v) is 7.32. The molecule has 5 heteroatoms. The fourth-order valence-corrected chi connectivity index (χ4v) is 2.62. The molecule has 1 aromatic carbocycles. The van der Waals surface area contributed by atoms with Gasteiger partial charge in [-0.25, -0.2) is 0 Å². The second-order valence-electron chi connectivity index (χ2n) is 3.60. The van der Waals surface area contributed by atoms with Crippen LogP contribution in [-0.4, -0.2) is 13.0 Å². The van der Waals surface area contributed by atoms with Crippen molar-refractivity contribution in [2.75, 3.05) is 12.4 Å². The molecule has 0 saturated heterocycles. The second-order valence-corrected chi connectivity index (χ2v) is 5.08. The van der Waals surface area contributed by atoms with Crippen LogP contribution in [0.3, 0.4) is 0 Å². The summed E-state index contributed by atoms with van der Waals surface area (Å²) in [5.41, 5.74) is 1.95. The molecule has 0 aliphatic carbocycles. The van der Waals surface area contributed by atoms with Gasteiger partial charge in [0.2, 0.25) is 0 Å². The molecule has 0 radical (unpaired) electrons. The summed E-state index contributed by atoms with van der Waals surface area (Å²) >= 11 is 4.75. The van der Waals surface area contributed by atoms with Crippen LogP contribution in [0, 0.1) is 0 Å². The Morgan fingerprint density at radius 1 is 1.33 bits per heavy atom. The van der Waals surface area contributed by atoms with E-state index in [-0.39, 0.29) is 5.91 Å². The van der Waals surface area contributed by atoms with E-state index in [4.69, 9.17) is 4.74 Å². The Bertz CT molecular complexity index is 536. The summed E-state index contributed by atoms with van der Waals surface area (Å²) in [5, 5.41) is 5.49. The lowest BCUT2D eigenvalue weighted by atomic mass is 10.2. The van der Waals surface area contributed by atoms with Gasteiger partial charge in [0.1, 0.15) is 10.6 Å². The van der Waals surface area contributed by atoms with E-state index in [9.17, 15) is 4.79 Å². The lowest BCUT2D eigenvalue weighted by Gasteiger charge is -2.06. The average molecular weight is 326 g/mol. The first-order chi connectivity index (χ1) is 8.74. The summed E-state index contributed by atoms with van der Waals surface area (Å²) < 4.78 is 5.12. The van der Waals surface area contributed by atoms with E-state index < -0.39 is 0 Å². The van der Waals surface area contributed by atoms with Gasteiger partial charge in [0, 0.05) is 11.0 Å². The summed E-state index contributed by atoms with van der Waals surface area (Å²) in [7, 11) is 1.56. The van der Waals surface area contributed by atoms with Gasteiger partial charge in [-0.3, -0.25) is 4.79 Å². The van der Waals surface area contributed by atoms with Gasteiger partial charge in [0.25, 0.3) is 5.91 Å². The van der Waals surface area contributed by atoms with Crippen molar-refractivity contribution < 1.29 is 9.53 Å². The largest absolute Gasteiger partial charge is 0.495 e. The highest BCUT2D eigenvalue weighted by molar-refractivity contribution is 9.08. The number of anilines is 1. The van der Waals surface area contributed by atoms with Crippen molar-refractivity contribution in [1.29, 1.82) is 0 Å². The molecule has 0 spiro atoms. The first-order valence-electron chi connectivity index (χ1n) is 5.32. The molecule has 0 aliphatic rings. The standard InChI is InChI=1S/C13H12BrNO2S/c1-17-11-6-7-18-12(11)13(16)15-10-4-2-9(8-14)3-5-10/h2-7H,8H2,1H3,(H,15,16). The van der Waals surface area contributed by atoms with Gasteiger partial charge in [0.15, 0.2) is 0 Å². The molecule has 1 amide bonds. The Balaban J connectivity index is 2.11. The molecule has 1 heterocycles.